The number of aromatic nitrogens is 2. The predicted molar refractivity (Wildman–Crippen MR) is 95.7 cm³/mol. The van der Waals surface area contributed by atoms with Crippen molar-refractivity contribution < 1.29 is 9.53 Å². The molecule has 1 aromatic carbocycles. The van der Waals surface area contributed by atoms with Crippen molar-refractivity contribution in [2.75, 3.05) is 7.11 Å². The van der Waals surface area contributed by atoms with Crippen molar-refractivity contribution in [2.24, 2.45) is 0 Å². The summed E-state index contributed by atoms with van der Waals surface area (Å²) in [4.78, 5) is 15.7. The van der Waals surface area contributed by atoms with E-state index in [1.165, 1.54) is 23.6 Å². The fourth-order valence-electron chi connectivity index (χ4n) is 2.97. The van der Waals surface area contributed by atoms with Crippen LogP contribution in [0.25, 0.3) is 22.2 Å². The van der Waals surface area contributed by atoms with Gasteiger partial charge in [-0.1, -0.05) is 36.8 Å². The Hall–Kier alpha value is -2.62. The molecule has 0 saturated carbocycles. The summed E-state index contributed by atoms with van der Waals surface area (Å²) in [7, 11) is 1.44. The van der Waals surface area contributed by atoms with Crippen molar-refractivity contribution in [1.29, 1.82) is 0 Å². The highest BCUT2D eigenvalue weighted by molar-refractivity contribution is 5.93. The molecule has 0 atom stereocenters. The smallest absolute Gasteiger partial charge is 0.305 e. The standard InChI is InChI=1S/C20H22N2O2/c1-24-19(23)12-6-3-7-14-22-15-18(16-9-4-2-5-10-16)17-11-8-13-21-20(17)22/h2,4-5,8-11,13,15H,3,6-7,12,14H2,1H3. The van der Waals surface area contributed by atoms with Gasteiger partial charge < -0.3 is 9.30 Å². The second kappa shape index (κ2) is 7.77. The molecule has 0 aliphatic carbocycles. The number of aryl methyl sites for hydroxylation is 1. The molecule has 0 saturated heterocycles. The lowest BCUT2D eigenvalue weighted by atomic mass is 10.1. The Morgan fingerprint density at radius 2 is 1.92 bits per heavy atom. The van der Waals surface area contributed by atoms with Crippen molar-refractivity contribution >= 4 is 17.0 Å². The van der Waals surface area contributed by atoms with E-state index >= 15 is 0 Å². The van der Waals surface area contributed by atoms with E-state index in [2.05, 4.69) is 50.8 Å². The molecular formula is C20H22N2O2. The van der Waals surface area contributed by atoms with Crippen molar-refractivity contribution in [3.05, 3.63) is 54.9 Å². The lowest BCUT2D eigenvalue weighted by Crippen LogP contribution is -2.01. The number of ether oxygens (including phenoxy) is 1. The summed E-state index contributed by atoms with van der Waals surface area (Å²) < 4.78 is 6.89. The molecule has 3 rings (SSSR count). The number of carbonyl (C=O) groups excluding carboxylic acids is 1. The van der Waals surface area contributed by atoms with Gasteiger partial charge in [0.05, 0.1) is 7.11 Å². The lowest BCUT2D eigenvalue weighted by molar-refractivity contribution is -0.140. The summed E-state index contributed by atoms with van der Waals surface area (Å²) in [6.45, 7) is 0.904. The van der Waals surface area contributed by atoms with E-state index in [0.717, 1.165) is 31.5 Å². The van der Waals surface area contributed by atoms with Crippen molar-refractivity contribution in [3.63, 3.8) is 0 Å². The van der Waals surface area contributed by atoms with E-state index in [0.29, 0.717) is 6.42 Å². The summed E-state index contributed by atoms with van der Waals surface area (Å²) in [5, 5.41) is 1.18. The molecule has 4 nitrogen and oxygen atoms in total. The highest BCUT2D eigenvalue weighted by Crippen LogP contribution is 2.29. The van der Waals surface area contributed by atoms with Crippen LogP contribution in [0, 0.1) is 0 Å². The molecule has 0 aliphatic heterocycles. The van der Waals surface area contributed by atoms with E-state index in [1.54, 1.807) is 0 Å². The summed E-state index contributed by atoms with van der Waals surface area (Å²) in [5.41, 5.74) is 3.44. The minimum Gasteiger partial charge on any atom is -0.469 e. The summed E-state index contributed by atoms with van der Waals surface area (Å²) in [6, 6.07) is 14.5. The Morgan fingerprint density at radius 3 is 2.71 bits per heavy atom. The van der Waals surface area contributed by atoms with Crippen LogP contribution in [0.15, 0.2) is 54.9 Å². The Balaban J connectivity index is 1.73. The summed E-state index contributed by atoms with van der Waals surface area (Å²) in [5.74, 6) is -0.130. The monoisotopic (exact) mass is 322 g/mol. The molecule has 4 heteroatoms. The average molecular weight is 322 g/mol. The number of carbonyl (C=O) groups is 1. The predicted octanol–water partition coefficient (Wildman–Crippen LogP) is 4.44. The molecule has 24 heavy (non-hydrogen) atoms. The summed E-state index contributed by atoms with van der Waals surface area (Å²) in [6.07, 6.45) is 7.41. The van der Waals surface area contributed by atoms with Crippen LogP contribution in [0.3, 0.4) is 0 Å². The Labute approximate surface area is 142 Å². The SMILES string of the molecule is COC(=O)CCCCCn1cc(-c2ccccc2)c2cccnc21. The number of benzene rings is 1. The molecule has 0 bridgehead atoms. The van der Waals surface area contributed by atoms with Crippen LogP contribution in [0.4, 0.5) is 0 Å². The first-order chi connectivity index (χ1) is 11.8. The third-order valence-corrected chi connectivity index (χ3v) is 4.23. The van der Waals surface area contributed by atoms with Crippen molar-refractivity contribution in [1.82, 2.24) is 9.55 Å². The van der Waals surface area contributed by atoms with Gasteiger partial charge in [-0.05, 0) is 30.5 Å². The highest BCUT2D eigenvalue weighted by Gasteiger charge is 2.10. The molecule has 124 valence electrons. The van der Waals surface area contributed by atoms with Gasteiger partial charge in [-0.15, -0.1) is 0 Å². The molecule has 0 radical (unpaired) electrons. The van der Waals surface area contributed by atoms with Crippen LogP contribution in [-0.2, 0) is 16.1 Å². The number of unbranched alkanes of at least 4 members (excludes halogenated alkanes) is 2. The molecule has 0 unspecified atom stereocenters. The first-order valence-electron chi connectivity index (χ1n) is 8.35. The molecule has 2 aromatic heterocycles. The van der Waals surface area contributed by atoms with Gasteiger partial charge in [-0.3, -0.25) is 4.79 Å². The van der Waals surface area contributed by atoms with E-state index in [4.69, 9.17) is 0 Å². The maximum atomic E-state index is 11.1. The Kier molecular flexibility index (Phi) is 5.26. The number of hydrogen-bond acceptors (Lipinski definition) is 3. The maximum absolute atomic E-state index is 11.1. The second-order valence-corrected chi connectivity index (χ2v) is 5.86. The highest BCUT2D eigenvalue weighted by atomic mass is 16.5. The van der Waals surface area contributed by atoms with Crippen molar-refractivity contribution in [3.8, 4) is 11.1 Å². The van der Waals surface area contributed by atoms with E-state index in [1.807, 2.05) is 18.3 Å². The first kappa shape index (κ1) is 16.2. The molecular weight excluding hydrogens is 300 g/mol. The van der Waals surface area contributed by atoms with Gasteiger partial charge in [-0.2, -0.15) is 0 Å². The lowest BCUT2D eigenvalue weighted by Gasteiger charge is -2.04. The molecule has 0 N–H and O–H groups in total. The second-order valence-electron chi connectivity index (χ2n) is 5.86. The molecule has 3 aromatic rings. The van der Waals surface area contributed by atoms with Gasteiger partial charge in [0.1, 0.15) is 5.65 Å². The molecule has 0 aliphatic rings. The number of rotatable bonds is 7. The molecule has 0 fully saturated rings. The Bertz CT molecular complexity index is 809. The van der Waals surface area contributed by atoms with Crippen LogP contribution < -0.4 is 0 Å². The zero-order chi connectivity index (χ0) is 16.8. The normalized spacial score (nSPS) is 10.9. The summed E-state index contributed by atoms with van der Waals surface area (Å²) >= 11 is 0. The number of esters is 1. The number of nitrogens with zero attached hydrogens (tertiary/aromatic N) is 2. The minimum atomic E-state index is -0.130. The van der Waals surface area contributed by atoms with Gasteiger partial charge in [0.2, 0.25) is 0 Å². The van der Waals surface area contributed by atoms with Crippen LogP contribution >= 0.6 is 0 Å². The molecule has 0 spiro atoms. The number of hydrogen-bond donors (Lipinski definition) is 0. The van der Waals surface area contributed by atoms with E-state index in [9.17, 15) is 4.79 Å². The van der Waals surface area contributed by atoms with Gasteiger partial charge in [0, 0.05) is 36.3 Å². The quantitative estimate of drug-likeness (QED) is 0.477. The van der Waals surface area contributed by atoms with Gasteiger partial charge in [0.25, 0.3) is 0 Å². The van der Waals surface area contributed by atoms with Gasteiger partial charge >= 0.3 is 5.97 Å². The number of methoxy groups -OCH3 is 1. The van der Waals surface area contributed by atoms with Crippen LogP contribution in [0.1, 0.15) is 25.7 Å². The van der Waals surface area contributed by atoms with Crippen LogP contribution in [0.5, 0.6) is 0 Å². The van der Waals surface area contributed by atoms with Crippen LogP contribution in [-0.4, -0.2) is 22.6 Å². The molecule has 2 heterocycles. The maximum Gasteiger partial charge on any atom is 0.305 e. The average Bonchev–Trinajstić information content (AvgIpc) is 3.01. The third-order valence-electron chi connectivity index (χ3n) is 4.23. The van der Waals surface area contributed by atoms with Gasteiger partial charge in [0.15, 0.2) is 0 Å². The topological polar surface area (TPSA) is 44.1 Å². The fraction of sp³-hybridized carbons (Fsp3) is 0.300. The zero-order valence-electron chi connectivity index (χ0n) is 13.9. The number of pyridine rings is 1. The van der Waals surface area contributed by atoms with Gasteiger partial charge in [-0.25, -0.2) is 4.98 Å². The fourth-order valence-corrected chi connectivity index (χ4v) is 2.97. The van der Waals surface area contributed by atoms with Crippen LogP contribution in [0.2, 0.25) is 0 Å². The third kappa shape index (κ3) is 3.65. The first-order valence-corrected chi connectivity index (χ1v) is 8.35. The largest absolute Gasteiger partial charge is 0.469 e. The van der Waals surface area contributed by atoms with Crippen molar-refractivity contribution in [2.45, 2.75) is 32.2 Å². The number of fused-ring (bicyclic) bond motifs is 1. The molecule has 0 amide bonds. The Morgan fingerprint density at radius 1 is 1.08 bits per heavy atom. The van der Waals surface area contributed by atoms with E-state index in [-0.39, 0.29) is 5.97 Å². The zero-order valence-corrected chi connectivity index (χ0v) is 13.9. The minimum absolute atomic E-state index is 0.130. The van der Waals surface area contributed by atoms with E-state index < -0.39 is 0 Å².